The minimum Gasteiger partial charge on any atom is -0.487 e. The van der Waals surface area contributed by atoms with Crippen LogP contribution in [0.5, 0.6) is 5.75 Å². The monoisotopic (exact) mass is 287 g/mol. The van der Waals surface area contributed by atoms with Gasteiger partial charge in [-0.25, -0.2) is 0 Å². The molecule has 1 aromatic heterocycles. The minimum absolute atomic E-state index is 0.468. The first-order valence-corrected chi connectivity index (χ1v) is 7.58. The predicted molar refractivity (Wildman–Crippen MR) is 86.5 cm³/mol. The Bertz CT molecular complexity index is 600. The Hall–Kier alpha value is -1.97. The summed E-state index contributed by atoms with van der Waals surface area (Å²) in [7, 11) is 0. The van der Waals surface area contributed by atoms with Crippen molar-refractivity contribution in [1.82, 2.24) is 9.78 Å². The summed E-state index contributed by atoms with van der Waals surface area (Å²) in [5, 5.41) is 4.60. The molecule has 0 atom stereocenters. The topological polar surface area (TPSA) is 53.1 Å². The van der Waals surface area contributed by atoms with E-state index in [0.717, 1.165) is 41.1 Å². The van der Waals surface area contributed by atoms with Crippen LogP contribution >= 0.6 is 0 Å². The van der Waals surface area contributed by atoms with E-state index in [9.17, 15) is 0 Å². The third kappa shape index (κ3) is 3.57. The van der Waals surface area contributed by atoms with E-state index in [1.807, 2.05) is 42.9 Å². The second-order valence-corrected chi connectivity index (χ2v) is 5.52. The van der Waals surface area contributed by atoms with Crippen LogP contribution in [-0.4, -0.2) is 9.78 Å². The van der Waals surface area contributed by atoms with E-state index in [0.29, 0.717) is 12.6 Å². The molecule has 0 spiro atoms. The van der Waals surface area contributed by atoms with Crippen molar-refractivity contribution in [2.24, 2.45) is 0 Å². The van der Waals surface area contributed by atoms with E-state index < -0.39 is 0 Å². The minimum atomic E-state index is 0.468. The zero-order valence-electron chi connectivity index (χ0n) is 13.4. The van der Waals surface area contributed by atoms with E-state index in [2.05, 4.69) is 18.9 Å². The van der Waals surface area contributed by atoms with E-state index in [-0.39, 0.29) is 0 Å². The van der Waals surface area contributed by atoms with Crippen LogP contribution in [0.15, 0.2) is 24.4 Å². The molecule has 0 aliphatic heterocycles. The zero-order valence-corrected chi connectivity index (χ0v) is 13.4. The van der Waals surface area contributed by atoms with Crippen LogP contribution in [-0.2, 0) is 6.61 Å². The highest BCUT2D eigenvalue weighted by molar-refractivity contribution is 5.54. The third-order valence-electron chi connectivity index (χ3n) is 3.92. The van der Waals surface area contributed by atoms with Gasteiger partial charge in [-0.1, -0.05) is 19.9 Å². The summed E-state index contributed by atoms with van der Waals surface area (Å²) < 4.78 is 7.90. The quantitative estimate of drug-likeness (QED) is 0.816. The van der Waals surface area contributed by atoms with Crippen molar-refractivity contribution in [1.29, 1.82) is 0 Å². The number of ether oxygens (including phenoxy) is 1. The number of aryl methyl sites for hydroxylation is 2. The van der Waals surface area contributed by atoms with Gasteiger partial charge < -0.3 is 10.5 Å². The Morgan fingerprint density at radius 1 is 1.19 bits per heavy atom. The van der Waals surface area contributed by atoms with E-state index in [1.54, 1.807) is 0 Å². The van der Waals surface area contributed by atoms with Crippen molar-refractivity contribution in [2.45, 2.75) is 53.2 Å². The standard InChI is InChI=1S/C17H25N3O/c1-5-15(6-2)20-8-7-14(19-20)11-21-17-10-16(18)12(3)9-13(17)4/h7-10,15H,5-6,11,18H2,1-4H3. The molecule has 0 radical (unpaired) electrons. The summed E-state index contributed by atoms with van der Waals surface area (Å²) in [6, 6.07) is 6.43. The van der Waals surface area contributed by atoms with Crippen molar-refractivity contribution in [3.05, 3.63) is 41.2 Å². The van der Waals surface area contributed by atoms with Crippen molar-refractivity contribution in [3.63, 3.8) is 0 Å². The van der Waals surface area contributed by atoms with Crippen molar-refractivity contribution in [2.75, 3.05) is 5.73 Å². The number of rotatable bonds is 6. The van der Waals surface area contributed by atoms with Crippen molar-refractivity contribution < 1.29 is 4.74 Å². The van der Waals surface area contributed by atoms with Gasteiger partial charge in [0.2, 0.25) is 0 Å². The molecular weight excluding hydrogens is 262 g/mol. The first kappa shape index (κ1) is 15.4. The number of hydrogen-bond donors (Lipinski definition) is 1. The molecule has 0 unspecified atom stereocenters. The smallest absolute Gasteiger partial charge is 0.132 e. The van der Waals surface area contributed by atoms with Crippen LogP contribution in [0, 0.1) is 13.8 Å². The Morgan fingerprint density at radius 2 is 1.90 bits per heavy atom. The second-order valence-electron chi connectivity index (χ2n) is 5.52. The Kier molecular flexibility index (Phi) is 4.89. The van der Waals surface area contributed by atoms with Crippen molar-refractivity contribution >= 4 is 5.69 Å². The number of nitrogens with zero attached hydrogens (tertiary/aromatic N) is 2. The summed E-state index contributed by atoms with van der Waals surface area (Å²) in [4.78, 5) is 0. The summed E-state index contributed by atoms with van der Waals surface area (Å²) in [5.41, 5.74) is 9.83. The van der Waals surface area contributed by atoms with E-state index >= 15 is 0 Å². The Labute approximate surface area is 126 Å². The van der Waals surface area contributed by atoms with Gasteiger partial charge >= 0.3 is 0 Å². The lowest BCUT2D eigenvalue weighted by Crippen LogP contribution is -2.08. The third-order valence-corrected chi connectivity index (χ3v) is 3.92. The van der Waals surface area contributed by atoms with Crippen LogP contribution in [0.3, 0.4) is 0 Å². The highest BCUT2D eigenvalue weighted by Gasteiger charge is 2.09. The van der Waals surface area contributed by atoms with Gasteiger partial charge in [0.1, 0.15) is 12.4 Å². The van der Waals surface area contributed by atoms with Crippen LogP contribution < -0.4 is 10.5 Å². The summed E-state index contributed by atoms with van der Waals surface area (Å²) >= 11 is 0. The fourth-order valence-electron chi connectivity index (χ4n) is 2.48. The summed E-state index contributed by atoms with van der Waals surface area (Å²) in [6.45, 7) is 8.87. The normalized spacial score (nSPS) is 11.1. The predicted octanol–water partition coefficient (Wildman–Crippen LogP) is 4.02. The molecular formula is C17H25N3O. The average molecular weight is 287 g/mol. The van der Waals surface area contributed by atoms with Gasteiger partial charge in [0.25, 0.3) is 0 Å². The van der Waals surface area contributed by atoms with Crippen molar-refractivity contribution in [3.8, 4) is 5.75 Å². The van der Waals surface area contributed by atoms with E-state index in [4.69, 9.17) is 10.5 Å². The lowest BCUT2D eigenvalue weighted by Gasteiger charge is -2.13. The maximum absolute atomic E-state index is 5.94. The van der Waals surface area contributed by atoms with Gasteiger partial charge in [-0.15, -0.1) is 0 Å². The molecule has 0 amide bonds. The molecule has 1 heterocycles. The van der Waals surface area contributed by atoms with Crippen LogP contribution in [0.25, 0.3) is 0 Å². The molecule has 2 N–H and O–H groups in total. The largest absolute Gasteiger partial charge is 0.487 e. The molecule has 21 heavy (non-hydrogen) atoms. The number of benzene rings is 1. The molecule has 2 aromatic rings. The van der Waals surface area contributed by atoms with Crippen LogP contribution in [0.4, 0.5) is 5.69 Å². The SMILES string of the molecule is CCC(CC)n1ccc(COc2cc(N)c(C)cc2C)n1. The molecule has 0 saturated heterocycles. The van der Waals surface area contributed by atoms with E-state index in [1.165, 1.54) is 0 Å². The van der Waals surface area contributed by atoms with Gasteiger partial charge in [0, 0.05) is 18.0 Å². The second kappa shape index (κ2) is 6.66. The fraction of sp³-hybridized carbons (Fsp3) is 0.471. The fourth-order valence-corrected chi connectivity index (χ4v) is 2.48. The Balaban J connectivity index is 2.05. The van der Waals surface area contributed by atoms with Crippen LogP contribution in [0.1, 0.15) is 49.6 Å². The van der Waals surface area contributed by atoms with Gasteiger partial charge in [-0.2, -0.15) is 5.10 Å². The zero-order chi connectivity index (χ0) is 15.4. The molecule has 4 heteroatoms. The maximum atomic E-state index is 5.94. The molecule has 0 bridgehead atoms. The molecule has 114 valence electrons. The first-order chi connectivity index (χ1) is 10.0. The molecule has 0 aliphatic carbocycles. The van der Waals surface area contributed by atoms with Gasteiger partial charge in [-0.3, -0.25) is 4.68 Å². The molecule has 4 nitrogen and oxygen atoms in total. The first-order valence-electron chi connectivity index (χ1n) is 7.58. The number of hydrogen-bond acceptors (Lipinski definition) is 3. The Morgan fingerprint density at radius 3 is 2.57 bits per heavy atom. The molecule has 0 fully saturated rings. The molecule has 0 aliphatic rings. The number of aromatic nitrogens is 2. The highest BCUT2D eigenvalue weighted by atomic mass is 16.5. The average Bonchev–Trinajstić information content (AvgIpc) is 2.91. The summed E-state index contributed by atoms with van der Waals surface area (Å²) in [6.07, 6.45) is 4.21. The lowest BCUT2D eigenvalue weighted by molar-refractivity contribution is 0.295. The van der Waals surface area contributed by atoms with Gasteiger partial charge in [0.15, 0.2) is 0 Å². The molecule has 2 rings (SSSR count). The number of nitrogen functional groups attached to an aromatic ring is 1. The highest BCUT2D eigenvalue weighted by Crippen LogP contribution is 2.25. The van der Waals surface area contributed by atoms with Gasteiger partial charge in [0.05, 0.1) is 11.7 Å². The summed E-state index contributed by atoms with van der Waals surface area (Å²) in [5.74, 6) is 0.829. The molecule has 0 saturated carbocycles. The maximum Gasteiger partial charge on any atom is 0.132 e. The van der Waals surface area contributed by atoms with Crippen LogP contribution in [0.2, 0.25) is 0 Å². The number of anilines is 1. The number of nitrogens with two attached hydrogens (primary N) is 1. The lowest BCUT2D eigenvalue weighted by atomic mass is 10.1. The van der Waals surface area contributed by atoms with Gasteiger partial charge in [-0.05, 0) is 43.9 Å². The molecule has 1 aromatic carbocycles.